The Morgan fingerprint density at radius 2 is 2.00 bits per heavy atom. The first-order valence-electron chi connectivity index (χ1n) is 4.77. The second-order valence-corrected chi connectivity index (χ2v) is 4.46. The highest BCUT2D eigenvalue weighted by Crippen LogP contribution is 2.41. The molecule has 9 heteroatoms. The molecule has 0 radical (unpaired) electrons. The van der Waals surface area contributed by atoms with Gasteiger partial charge in [0.15, 0.2) is 6.61 Å². The molecule has 1 heterocycles. The number of alkyl carbamates (subject to hydrolysis) is 1. The van der Waals surface area contributed by atoms with Crippen LogP contribution in [0, 0.1) is 5.82 Å². The molecule has 1 aromatic rings. The zero-order chi connectivity index (χ0) is 13.5. The van der Waals surface area contributed by atoms with Crippen LogP contribution in [-0.4, -0.2) is 18.6 Å². The van der Waals surface area contributed by atoms with Crippen LogP contribution in [0.15, 0.2) is 12.1 Å². The topological polar surface area (TPSA) is 38.3 Å². The van der Waals surface area contributed by atoms with Gasteiger partial charge in [-0.2, -0.15) is 0 Å². The summed E-state index contributed by atoms with van der Waals surface area (Å²) in [5.41, 5.74) is -0.550. The molecule has 1 fully saturated rings. The minimum absolute atomic E-state index is 0. The Balaban J connectivity index is 0.00000180. The molecule has 19 heavy (non-hydrogen) atoms. The maximum atomic E-state index is 13.6. The second kappa shape index (κ2) is 5.64. The summed E-state index contributed by atoms with van der Waals surface area (Å²) in [5.74, 6) is -4.46. The lowest BCUT2D eigenvalue weighted by Crippen LogP contribution is -2.50. The molecule has 1 amide bonds. The summed E-state index contributed by atoms with van der Waals surface area (Å²) < 4.78 is 45.0. The fraction of sp³-hybridized carbons (Fsp3) is 0.300. The third kappa shape index (κ3) is 3.01. The van der Waals surface area contributed by atoms with Crippen molar-refractivity contribution in [3.05, 3.63) is 33.6 Å². The highest BCUT2D eigenvalue weighted by molar-refractivity contribution is 6.42. The van der Waals surface area contributed by atoms with Crippen molar-refractivity contribution in [2.45, 2.75) is 12.0 Å². The van der Waals surface area contributed by atoms with Crippen molar-refractivity contribution in [3.63, 3.8) is 0 Å². The predicted molar refractivity (Wildman–Crippen MR) is 65.8 cm³/mol. The second-order valence-electron chi connectivity index (χ2n) is 3.67. The molecular weight excluding hydrogens is 329 g/mol. The number of nitrogens with one attached hydrogen (secondary N) is 1. The number of cyclic esters (lactones) is 1. The number of hydrogen-bond donors (Lipinski definition) is 1. The molecule has 0 spiro atoms. The molecule has 0 aliphatic carbocycles. The molecule has 106 valence electrons. The summed E-state index contributed by atoms with van der Waals surface area (Å²) in [6.07, 6.45) is -1.07. The number of carbonyl (C=O) groups is 1. The standard InChI is InChI=1S/C10H6Cl2F3NO2.ClH/c11-4-1-2-5(13)6(7(4)12)8-10(14,15)3-18-9(17)16-8;/h1-2,8H,3H2,(H,16,17);1H/t8-;/m0./s1. The molecule has 0 aromatic heterocycles. The number of benzene rings is 1. The van der Waals surface area contributed by atoms with Gasteiger partial charge in [0.05, 0.1) is 10.0 Å². The van der Waals surface area contributed by atoms with E-state index in [0.29, 0.717) is 0 Å². The van der Waals surface area contributed by atoms with Crippen molar-refractivity contribution in [2.75, 3.05) is 6.61 Å². The fourth-order valence-electron chi connectivity index (χ4n) is 1.60. The summed E-state index contributed by atoms with van der Waals surface area (Å²) in [5, 5.41) is 1.40. The van der Waals surface area contributed by atoms with Crippen LogP contribution in [0.5, 0.6) is 0 Å². The molecular formula is C10H7Cl3F3NO2. The van der Waals surface area contributed by atoms with Gasteiger partial charge in [-0.25, -0.2) is 18.0 Å². The van der Waals surface area contributed by atoms with Crippen molar-refractivity contribution >= 4 is 41.7 Å². The molecule has 0 saturated carbocycles. The van der Waals surface area contributed by atoms with Crippen molar-refractivity contribution in [1.82, 2.24) is 5.32 Å². The third-order valence-electron chi connectivity index (χ3n) is 2.45. The number of hydrogen-bond acceptors (Lipinski definition) is 2. The number of amides is 1. The minimum Gasteiger partial charge on any atom is -0.443 e. The van der Waals surface area contributed by atoms with Crippen LogP contribution in [0.3, 0.4) is 0 Å². The Bertz CT molecular complexity index is 513. The van der Waals surface area contributed by atoms with Gasteiger partial charge in [0.2, 0.25) is 0 Å². The summed E-state index contributed by atoms with van der Waals surface area (Å²) in [7, 11) is 0. The first kappa shape index (κ1) is 16.2. The van der Waals surface area contributed by atoms with E-state index in [-0.39, 0.29) is 22.5 Å². The molecule has 2 rings (SSSR count). The van der Waals surface area contributed by atoms with E-state index in [0.717, 1.165) is 12.1 Å². The summed E-state index contributed by atoms with van der Waals surface area (Å²) in [6.45, 7) is -1.15. The first-order valence-corrected chi connectivity index (χ1v) is 5.53. The molecule has 1 aromatic carbocycles. The molecule has 1 atom stereocenters. The zero-order valence-electron chi connectivity index (χ0n) is 9.05. The van der Waals surface area contributed by atoms with Gasteiger partial charge in [-0.3, -0.25) is 0 Å². The molecule has 1 saturated heterocycles. The van der Waals surface area contributed by atoms with Crippen molar-refractivity contribution in [3.8, 4) is 0 Å². The van der Waals surface area contributed by atoms with Crippen LogP contribution < -0.4 is 5.32 Å². The van der Waals surface area contributed by atoms with Gasteiger partial charge in [-0.1, -0.05) is 23.2 Å². The van der Waals surface area contributed by atoms with Crippen LogP contribution in [0.25, 0.3) is 0 Å². The van der Waals surface area contributed by atoms with Crippen LogP contribution in [0.2, 0.25) is 10.0 Å². The van der Waals surface area contributed by atoms with E-state index in [1.165, 1.54) is 0 Å². The molecule has 0 unspecified atom stereocenters. The number of ether oxygens (including phenoxy) is 1. The Kier molecular flexibility index (Phi) is 4.81. The lowest BCUT2D eigenvalue weighted by Gasteiger charge is -2.32. The Hall–Kier alpha value is -0.850. The number of halogens is 6. The van der Waals surface area contributed by atoms with Gasteiger partial charge in [-0.15, -0.1) is 12.4 Å². The lowest BCUT2D eigenvalue weighted by atomic mass is 9.99. The van der Waals surface area contributed by atoms with E-state index >= 15 is 0 Å². The first-order chi connectivity index (χ1) is 8.33. The number of alkyl halides is 2. The Morgan fingerprint density at radius 3 is 2.63 bits per heavy atom. The number of carbonyl (C=O) groups excluding carboxylic acids is 1. The molecule has 1 aliphatic rings. The van der Waals surface area contributed by atoms with Crippen LogP contribution in [-0.2, 0) is 4.74 Å². The van der Waals surface area contributed by atoms with Crippen LogP contribution >= 0.6 is 35.6 Å². The van der Waals surface area contributed by atoms with E-state index in [1.807, 2.05) is 5.32 Å². The Labute approximate surface area is 122 Å². The summed E-state index contributed by atoms with van der Waals surface area (Å²) >= 11 is 11.4. The third-order valence-corrected chi connectivity index (χ3v) is 3.27. The van der Waals surface area contributed by atoms with Crippen molar-refractivity contribution in [2.24, 2.45) is 0 Å². The molecule has 1 N–H and O–H groups in total. The quantitative estimate of drug-likeness (QED) is 0.788. The minimum atomic E-state index is -3.48. The van der Waals surface area contributed by atoms with E-state index in [1.54, 1.807) is 0 Å². The summed E-state index contributed by atoms with van der Waals surface area (Å²) in [6, 6.07) is 0.133. The normalized spacial score (nSPS) is 21.1. The predicted octanol–water partition coefficient (Wildman–Crippen LogP) is 3.97. The van der Waals surface area contributed by atoms with E-state index in [4.69, 9.17) is 23.2 Å². The lowest BCUT2D eigenvalue weighted by molar-refractivity contribution is -0.104. The van der Waals surface area contributed by atoms with Gasteiger partial charge < -0.3 is 10.1 Å². The van der Waals surface area contributed by atoms with E-state index in [9.17, 15) is 18.0 Å². The van der Waals surface area contributed by atoms with E-state index < -0.39 is 36.0 Å². The van der Waals surface area contributed by atoms with E-state index in [2.05, 4.69) is 4.74 Å². The zero-order valence-corrected chi connectivity index (χ0v) is 11.4. The molecule has 3 nitrogen and oxygen atoms in total. The van der Waals surface area contributed by atoms with Gasteiger partial charge in [0.25, 0.3) is 0 Å². The van der Waals surface area contributed by atoms with Crippen molar-refractivity contribution in [1.29, 1.82) is 0 Å². The van der Waals surface area contributed by atoms with Gasteiger partial charge in [0.1, 0.15) is 11.9 Å². The average Bonchev–Trinajstić information content (AvgIpc) is 2.29. The average molecular weight is 337 g/mol. The SMILES string of the molecule is Cl.O=C1N[C@@H](c2c(F)ccc(Cl)c2Cl)C(F)(F)CO1. The molecule has 1 aliphatic heterocycles. The smallest absolute Gasteiger partial charge is 0.408 e. The van der Waals surface area contributed by atoms with Gasteiger partial charge in [-0.05, 0) is 12.1 Å². The number of rotatable bonds is 1. The summed E-state index contributed by atoms with van der Waals surface area (Å²) in [4.78, 5) is 11.0. The van der Waals surface area contributed by atoms with Crippen LogP contribution in [0.1, 0.15) is 11.6 Å². The molecule has 0 bridgehead atoms. The monoisotopic (exact) mass is 335 g/mol. The Morgan fingerprint density at radius 1 is 1.37 bits per heavy atom. The highest BCUT2D eigenvalue weighted by Gasteiger charge is 2.48. The van der Waals surface area contributed by atoms with Crippen molar-refractivity contribution < 1.29 is 22.7 Å². The highest BCUT2D eigenvalue weighted by atomic mass is 35.5. The maximum absolute atomic E-state index is 13.6. The maximum Gasteiger partial charge on any atom is 0.408 e. The largest absolute Gasteiger partial charge is 0.443 e. The fourth-order valence-corrected chi connectivity index (χ4v) is 2.03. The van der Waals surface area contributed by atoms with Gasteiger partial charge in [0, 0.05) is 5.56 Å². The van der Waals surface area contributed by atoms with Crippen LogP contribution in [0.4, 0.5) is 18.0 Å². The van der Waals surface area contributed by atoms with Gasteiger partial charge >= 0.3 is 12.0 Å².